The second-order valence-corrected chi connectivity index (χ2v) is 8.31. The molecule has 9 heteroatoms. The quantitative estimate of drug-likeness (QED) is 0.710. The molecular weight excluding hydrogens is 396 g/mol. The first-order chi connectivity index (χ1) is 11.2. The lowest BCUT2D eigenvalue weighted by atomic mass is 10.1. The van der Waals surface area contributed by atoms with Crippen LogP contribution in [-0.2, 0) is 9.84 Å². The number of sulfone groups is 1. The molecule has 0 radical (unpaired) electrons. The molecule has 0 fully saturated rings. The highest BCUT2D eigenvalue weighted by Crippen LogP contribution is 2.39. The van der Waals surface area contributed by atoms with Gasteiger partial charge in [0.05, 0.1) is 11.7 Å². The van der Waals surface area contributed by atoms with Crippen molar-refractivity contribution in [2.75, 3.05) is 23.1 Å². The zero-order valence-electron chi connectivity index (χ0n) is 13.3. The fourth-order valence-electron chi connectivity index (χ4n) is 2.62. The van der Waals surface area contributed by atoms with Crippen molar-refractivity contribution in [3.63, 3.8) is 0 Å². The maximum Gasteiger partial charge on any atom is 0.330 e. The molecule has 0 bridgehead atoms. The number of rotatable bonds is 2. The number of carbonyl (C=O) groups excluding carboxylic acids is 1. The van der Waals surface area contributed by atoms with Gasteiger partial charge in [-0.05, 0) is 35.0 Å². The minimum Gasteiger partial charge on any atom is -0.285 e. The van der Waals surface area contributed by atoms with Crippen LogP contribution in [0.25, 0.3) is 0 Å². The van der Waals surface area contributed by atoms with E-state index in [1.165, 1.54) is 11.1 Å². The van der Waals surface area contributed by atoms with E-state index in [2.05, 4.69) is 25.9 Å². The smallest absolute Gasteiger partial charge is 0.285 e. The van der Waals surface area contributed by atoms with Crippen LogP contribution in [0.15, 0.2) is 40.1 Å². The molecular formula is C15H15BrN4O3S. The predicted octanol–water partition coefficient (Wildman–Crippen LogP) is 2.78. The lowest BCUT2D eigenvalue weighted by molar-refractivity contribution is 0.249. The third-order valence-electron chi connectivity index (χ3n) is 3.87. The average Bonchev–Trinajstić information content (AvgIpc) is 2.53. The normalized spacial score (nSPS) is 17.8. The molecule has 1 unspecified atom stereocenters. The van der Waals surface area contributed by atoms with Crippen LogP contribution in [-0.4, -0.2) is 37.7 Å². The molecule has 1 aliphatic heterocycles. The fraction of sp³-hybridized carbons (Fsp3) is 0.267. The zero-order valence-corrected chi connectivity index (χ0v) is 15.7. The number of carbonyl (C=O) groups is 1. The van der Waals surface area contributed by atoms with Crippen LogP contribution in [0.2, 0.25) is 0 Å². The van der Waals surface area contributed by atoms with Crippen LogP contribution < -0.4 is 9.80 Å². The molecule has 0 N–H and O–H groups in total. The van der Waals surface area contributed by atoms with Crippen molar-refractivity contribution in [3.05, 3.63) is 40.5 Å². The predicted molar refractivity (Wildman–Crippen MR) is 94.0 cm³/mol. The van der Waals surface area contributed by atoms with Crippen LogP contribution in [0, 0.1) is 0 Å². The summed E-state index contributed by atoms with van der Waals surface area (Å²) < 4.78 is 24.1. The van der Waals surface area contributed by atoms with Crippen LogP contribution in [0.4, 0.5) is 16.3 Å². The number of hydrogen-bond acceptors (Lipinski definition) is 5. The van der Waals surface area contributed by atoms with E-state index in [-0.39, 0.29) is 17.2 Å². The summed E-state index contributed by atoms with van der Waals surface area (Å²) in [6.07, 6.45) is 2.51. The van der Waals surface area contributed by atoms with E-state index in [1.54, 1.807) is 11.9 Å². The number of amides is 2. The van der Waals surface area contributed by atoms with Gasteiger partial charge in [0.1, 0.15) is 5.82 Å². The van der Waals surface area contributed by atoms with Crippen molar-refractivity contribution in [1.29, 1.82) is 0 Å². The first-order valence-corrected chi connectivity index (χ1v) is 9.78. The Morgan fingerprint density at radius 2 is 1.92 bits per heavy atom. The summed E-state index contributed by atoms with van der Waals surface area (Å²) in [6, 6.07) is 6.78. The van der Waals surface area contributed by atoms with Crippen molar-refractivity contribution in [1.82, 2.24) is 9.97 Å². The highest BCUT2D eigenvalue weighted by molar-refractivity contribution is 9.10. The van der Waals surface area contributed by atoms with Gasteiger partial charge < -0.3 is 0 Å². The third-order valence-corrected chi connectivity index (χ3v) is 5.40. The van der Waals surface area contributed by atoms with Crippen molar-refractivity contribution in [3.8, 4) is 0 Å². The second kappa shape index (κ2) is 5.82. The summed E-state index contributed by atoms with van der Waals surface area (Å²) in [5.74, 6) is 0.311. The van der Waals surface area contributed by atoms with E-state index in [9.17, 15) is 13.2 Å². The van der Waals surface area contributed by atoms with Crippen molar-refractivity contribution in [2.24, 2.45) is 0 Å². The highest BCUT2D eigenvalue weighted by atomic mass is 79.9. The Hall–Kier alpha value is -2.00. The molecule has 126 valence electrons. The van der Waals surface area contributed by atoms with Gasteiger partial charge in [0.2, 0.25) is 15.0 Å². The van der Waals surface area contributed by atoms with Gasteiger partial charge in [-0.3, -0.25) is 9.80 Å². The number of hydrogen-bond donors (Lipinski definition) is 0. The SMILES string of the molecule is CC1c2cnc(S(C)(=O)=O)nc2N(C)C(=O)N1c1ccccc1Br. The number of nitrogens with zero attached hydrogens (tertiary/aromatic N) is 4. The molecule has 1 atom stereocenters. The first-order valence-electron chi connectivity index (χ1n) is 7.10. The molecule has 1 aromatic heterocycles. The van der Waals surface area contributed by atoms with Crippen LogP contribution in [0.3, 0.4) is 0 Å². The van der Waals surface area contributed by atoms with E-state index in [0.29, 0.717) is 11.4 Å². The van der Waals surface area contributed by atoms with Gasteiger partial charge in [0, 0.05) is 29.5 Å². The summed E-state index contributed by atoms with van der Waals surface area (Å²) in [4.78, 5) is 23.8. The molecule has 2 amide bonds. The Morgan fingerprint density at radius 1 is 1.25 bits per heavy atom. The maximum atomic E-state index is 12.8. The number of aromatic nitrogens is 2. The van der Waals surface area contributed by atoms with Crippen molar-refractivity contribution < 1.29 is 13.2 Å². The number of anilines is 2. The molecule has 7 nitrogen and oxygen atoms in total. The zero-order chi connectivity index (χ0) is 17.6. The Bertz CT molecular complexity index is 932. The molecule has 1 aliphatic rings. The van der Waals surface area contributed by atoms with Gasteiger partial charge in [-0.1, -0.05) is 12.1 Å². The second-order valence-electron chi connectivity index (χ2n) is 5.54. The van der Waals surface area contributed by atoms with Gasteiger partial charge in [0.25, 0.3) is 0 Å². The van der Waals surface area contributed by atoms with Crippen LogP contribution in [0.5, 0.6) is 0 Å². The topological polar surface area (TPSA) is 83.5 Å². The van der Waals surface area contributed by atoms with Gasteiger partial charge in [-0.25, -0.2) is 23.2 Å². The Balaban J connectivity index is 2.16. The van der Waals surface area contributed by atoms with Gasteiger partial charge in [-0.2, -0.15) is 0 Å². The summed E-state index contributed by atoms with van der Waals surface area (Å²) >= 11 is 3.46. The molecule has 0 saturated heterocycles. The van der Waals surface area contributed by atoms with E-state index >= 15 is 0 Å². The van der Waals surface area contributed by atoms with Gasteiger partial charge in [0.15, 0.2) is 0 Å². The van der Waals surface area contributed by atoms with Gasteiger partial charge in [-0.15, -0.1) is 0 Å². The van der Waals surface area contributed by atoms with Gasteiger partial charge >= 0.3 is 6.03 Å². The molecule has 0 saturated carbocycles. The monoisotopic (exact) mass is 410 g/mol. The molecule has 3 rings (SSSR count). The summed E-state index contributed by atoms with van der Waals surface area (Å²) in [5.41, 5.74) is 1.40. The Kier molecular flexibility index (Phi) is 4.08. The first kappa shape index (κ1) is 16.8. The lowest BCUT2D eigenvalue weighted by Crippen LogP contribution is -2.48. The molecule has 1 aromatic carbocycles. The molecule has 2 aromatic rings. The van der Waals surface area contributed by atoms with E-state index < -0.39 is 9.84 Å². The number of benzene rings is 1. The molecule has 0 aliphatic carbocycles. The standard InChI is InChI=1S/C15H15BrN4O3S/c1-9-10-8-17-14(24(3,22)23)18-13(10)19(2)15(21)20(9)12-7-5-4-6-11(12)16/h4-9H,1-3H3. The van der Waals surface area contributed by atoms with Crippen molar-refractivity contribution >= 4 is 43.3 Å². The van der Waals surface area contributed by atoms with Crippen molar-refractivity contribution in [2.45, 2.75) is 18.1 Å². The average molecular weight is 411 g/mol. The minimum absolute atomic E-state index is 0.289. The minimum atomic E-state index is -3.55. The van der Waals surface area contributed by atoms with Crippen LogP contribution in [0.1, 0.15) is 18.5 Å². The largest absolute Gasteiger partial charge is 0.330 e. The fourth-order valence-corrected chi connectivity index (χ4v) is 3.60. The number of para-hydroxylation sites is 1. The van der Waals surface area contributed by atoms with E-state index in [0.717, 1.165) is 16.4 Å². The van der Waals surface area contributed by atoms with E-state index in [1.807, 2.05) is 31.2 Å². The van der Waals surface area contributed by atoms with E-state index in [4.69, 9.17) is 0 Å². The number of urea groups is 1. The highest BCUT2D eigenvalue weighted by Gasteiger charge is 2.37. The summed E-state index contributed by atoms with van der Waals surface area (Å²) in [7, 11) is -1.98. The third kappa shape index (κ3) is 2.67. The number of halogens is 1. The Morgan fingerprint density at radius 3 is 2.54 bits per heavy atom. The van der Waals surface area contributed by atoms with Crippen LogP contribution >= 0.6 is 15.9 Å². The lowest BCUT2D eigenvalue weighted by Gasteiger charge is -2.39. The summed E-state index contributed by atoms with van der Waals surface area (Å²) in [5, 5.41) is -0.289. The number of fused-ring (bicyclic) bond motifs is 1. The Labute approximate surface area is 148 Å². The molecule has 0 spiro atoms. The maximum absolute atomic E-state index is 12.8. The molecule has 24 heavy (non-hydrogen) atoms. The summed E-state index contributed by atoms with van der Waals surface area (Å²) in [6.45, 7) is 1.85. The molecule has 2 heterocycles.